The predicted octanol–water partition coefficient (Wildman–Crippen LogP) is 1.40. The Morgan fingerprint density at radius 2 is 2.24 bits per heavy atom. The van der Waals surface area contributed by atoms with E-state index in [1.165, 1.54) is 23.3 Å². The third-order valence-corrected chi connectivity index (χ3v) is 4.87. The molecule has 0 saturated carbocycles. The molecule has 1 aromatic rings. The van der Waals surface area contributed by atoms with E-state index in [2.05, 4.69) is 26.0 Å². The van der Waals surface area contributed by atoms with Crippen LogP contribution in [0.5, 0.6) is 0 Å². The first kappa shape index (κ1) is 16.0. The third-order valence-electron chi connectivity index (χ3n) is 3.24. The Hall–Kier alpha value is -1.41. The van der Waals surface area contributed by atoms with E-state index >= 15 is 0 Å². The molecule has 0 bridgehead atoms. The Bertz CT molecular complexity index is 560. The Balaban J connectivity index is 1.89. The third kappa shape index (κ3) is 3.82. The highest BCUT2D eigenvalue weighted by atomic mass is 79.9. The fraction of sp³-hybridized carbons (Fsp3) is 0.462. The van der Waals surface area contributed by atoms with Gasteiger partial charge >= 0.3 is 5.97 Å². The van der Waals surface area contributed by atoms with Crippen LogP contribution in [0.1, 0.15) is 22.5 Å². The lowest BCUT2D eigenvalue weighted by Gasteiger charge is -2.22. The number of carbonyl (C=O) groups is 3. The number of nitrogens with one attached hydrogen (secondary N) is 1. The van der Waals surface area contributed by atoms with E-state index in [0.29, 0.717) is 17.8 Å². The molecule has 0 aliphatic carbocycles. The van der Waals surface area contributed by atoms with E-state index in [-0.39, 0.29) is 18.4 Å². The highest BCUT2D eigenvalue weighted by molar-refractivity contribution is 9.11. The number of esters is 1. The maximum atomic E-state index is 12.1. The van der Waals surface area contributed by atoms with Gasteiger partial charge in [0.05, 0.1) is 22.3 Å². The molecule has 1 atom stereocenters. The average molecular weight is 375 g/mol. The van der Waals surface area contributed by atoms with Gasteiger partial charge in [0.15, 0.2) is 0 Å². The van der Waals surface area contributed by atoms with Crippen LogP contribution in [0.15, 0.2) is 15.9 Å². The fourth-order valence-corrected chi connectivity index (χ4v) is 3.53. The molecule has 2 amide bonds. The molecule has 21 heavy (non-hydrogen) atoms. The predicted molar refractivity (Wildman–Crippen MR) is 81.1 cm³/mol. The Morgan fingerprint density at radius 1 is 1.48 bits per heavy atom. The molecule has 1 aromatic heterocycles. The molecular weight excluding hydrogens is 360 g/mol. The van der Waals surface area contributed by atoms with Gasteiger partial charge in [0.2, 0.25) is 5.91 Å². The summed E-state index contributed by atoms with van der Waals surface area (Å²) in [6, 6.07) is 2.92. The summed E-state index contributed by atoms with van der Waals surface area (Å²) < 4.78 is 5.54. The van der Waals surface area contributed by atoms with Crippen LogP contribution in [-0.2, 0) is 14.3 Å². The SMILES string of the molecule is COC(=O)C1CCCN1C(=O)CNC(=O)c1ccc(Br)s1. The molecule has 0 aromatic carbocycles. The second kappa shape index (κ2) is 7.04. The van der Waals surface area contributed by atoms with E-state index < -0.39 is 12.0 Å². The lowest BCUT2D eigenvalue weighted by Crippen LogP contribution is -2.45. The van der Waals surface area contributed by atoms with Gasteiger partial charge < -0.3 is 15.0 Å². The number of hydrogen-bond donors (Lipinski definition) is 1. The second-order valence-electron chi connectivity index (χ2n) is 4.55. The Morgan fingerprint density at radius 3 is 2.86 bits per heavy atom. The van der Waals surface area contributed by atoms with Gasteiger partial charge in [-0.1, -0.05) is 0 Å². The van der Waals surface area contributed by atoms with Gasteiger partial charge in [0, 0.05) is 6.54 Å². The molecule has 1 aliphatic heterocycles. The first-order chi connectivity index (χ1) is 10.0. The molecule has 0 radical (unpaired) electrons. The number of halogens is 1. The number of thiophene rings is 1. The standard InChI is InChI=1S/C13H15BrN2O4S/c1-20-13(19)8-3-2-6-16(8)11(17)7-15-12(18)9-4-5-10(14)21-9/h4-5,8H,2-3,6-7H2,1H3,(H,15,18). The van der Waals surface area contributed by atoms with Crippen molar-refractivity contribution < 1.29 is 19.1 Å². The fourth-order valence-electron chi connectivity index (χ4n) is 2.23. The van der Waals surface area contributed by atoms with Crippen LogP contribution in [0.4, 0.5) is 0 Å². The number of hydrogen-bond acceptors (Lipinski definition) is 5. The molecule has 8 heteroatoms. The normalized spacial score (nSPS) is 17.6. The van der Waals surface area contributed by atoms with Crippen LogP contribution >= 0.6 is 27.3 Å². The van der Waals surface area contributed by atoms with Crippen molar-refractivity contribution in [2.45, 2.75) is 18.9 Å². The smallest absolute Gasteiger partial charge is 0.328 e. The molecule has 1 saturated heterocycles. The second-order valence-corrected chi connectivity index (χ2v) is 7.02. The summed E-state index contributed by atoms with van der Waals surface area (Å²) >= 11 is 4.57. The van der Waals surface area contributed by atoms with Crippen LogP contribution < -0.4 is 5.32 Å². The minimum Gasteiger partial charge on any atom is -0.467 e. The topological polar surface area (TPSA) is 75.7 Å². The van der Waals surface area contributed by atoms with E-state index in [0.717, 1.165) is 10.2 Å². The summed E-state index contributed by atoms with van der Waals surface area (Å²) in [6.07, 6.45) is 1.36. The number of likely N-dealkylation sites (tertiary alicyclic amines) is 1. The van der Waals surface area contributed by atoms with Gasteiger partial charge in [-0.2, -0.15) is 0 Å². The lowest BCUT2D eigenvalue weighted by molar-refractivity contribution is -0.150. The lowest BCUT2D eigenvalue weighted by atomic mass is 10.2. The van der Waals surface area contributed by atoms with Gasteiger partial charge in [-0.25, -0.2) is 4.79 Å². The molecule has 1 fully saturated rings. The Labute approximate surface area is 134 Å². The monoisotopic (exact) mass is 374 g/mol. The van der Waals surface area contributed by atoms with Crippen LogP contribution in [-0.4, -0.2) is 48.9 Å². The number of nitrogens with zero attached hydrogens (tertiary/aromatic N) is 1. The first-order valence-electron chi connectivity index (χ1n) is 6.43. The van der Waals surface area contributed by atoms with Gasteiger partial charge in [0.1, 0.15) is 6.04 Å². The van der Waals surface area contributed by atoms with Crippen LogP contribution in [0.25, 0.3) is 0 Å². The molecule has 0 spiro atoms. The van der Waals surface area contributed by atoms with E-state index in [1.807, 2.05) is 0 Å². The number of methoxy groups -OCH3 is 1. The zero-order valence-electron chi connectivity index (χ0n) is 11.4. The van der Waals surface area contributed by atoms with Crippen molar-refractivity contribution in [3.8, 4) is 0 Å². The van der Waals surface area contributed by atoms with Crippen LogP contribution in [0.2, 0.25) is 0 Å². The molecule has 2 heterocycles. The van der Waals surface area contributed by atoms with E-state index in [9.17, 15) is 14.4 Å². The quantitative estimate of drug-likeness (QED) is 0.808. The number of carbonyl (C=O) groups excluding carboxylic acids is 3. The van der Waals surface area contributed by atoms with Crippen molar-refractivity contribution >= 4 is 45.1 Å². The molecule has 114 valence electrons. The van der Waals surface area contributed by atoms with Crippen molar-refractivity contribution in [1.29, 1.82) is 0 Å². The number of ether oxygens (including phenoxy) is 1. The Kier molecular flexibility index (Phi) is 5.35. The van der Waals surface area contributed by atoms with Gasteiger partial charge in [-0.05, 0) is 40.9 Å². The minimum atomic E-state index is -0.532. The largest absolute Gasteiger partial charge is 0.467 e. The van der Waals surface area contributed by atoms with Crippen molar-refractivity contribution in [2.75, 3.05) is 20.2 Å². The molecule has 6 nitrogen and oxygen atoms in total. The summed E-state index contributed by atoms with van der Waals surface area (Å²) in [5.41, 5.74) is 0. The summed E-state index contributed by atoms with van der Waals surface area (Å²) in [5.74, 6) is -0.978. The van der Waals surface area contributed by atoms with Gasteiger partial charge in [-0.15, -0.1) is 11.3 Å². The molecule has 2 rings (SSSR count). The highest BCUT2D eigenvalue weighted by Gasteiger charge is 2.34. The number of rotatable bonds is 4. The van der Waals surface area contributed by atoms with Crippen LogP contribution in [0, 0.1) is 0 Å². The summed E-state index contributed by atoms with van der Waals surface area (Å²) in [5, 5.41) is 2.57. The van der Waals surface area contributed by atoms with Crippen molar-refractivity contribution in [3.05, 3.63) is 20.8 Å². The molecular formula is C13H15BrN2O4S. The zero-order chi connectivity index (χ0) is 15.4. The van der Waals surface area contributed by atoms with Crippen molar-refractivity contribution in [2.24, 2.45) is 0 Å². The van der Waals surface area contributed by atoms with E-state index in [1.54, 1.807) is 12.1 Å². The van der Waals surface area contributed by atoms with Crippen molar-refractivity contribution in [1.82, 2.24) is 10.2 Å². The van der Waals surface area contributed by atoms with Gasteiger partial charge in [-0.3, -0.25) is 9.59 Å². The molecule has 1 unspecified atom stereocenters. The minimum absolute atomic E-state index is 0.123. The maximum absolute atomic E-state index is 12.1. The summed E-state index contributed by atoms with van der Waals surface area (Å²) in [4.78, 5) is 37.6. The van der Waals surface area contributed by atoms with Crippen molar-refractivity contribution in [3.63, 3.8) is 0 Å². The molecule has 1 N–H and O–H groups in total. The van der Waals surface area contributed by atoms with Gasteiger partial charge in [0.25, 0.3) is 5.91 Å². The summed E-state index contributed by atoms with van der Waals surface area (Å²) in [6.45, 7) is 0.390. The van der Waals surface area contributed by atoms with E-state index in [4.69, 9.17) is 0 Å². The zero-order valence-corrected chi connectivity index (χ0v) is 13.8. The number of amides is 2. The summed E-state index contributed by atoms with van der Waals surface area (Å²) in [7, 11) is 1.31. The maximum Gasteiger partial charge on any atom is 0.328 e. The average Bonchev–Trinajstić information content (AvgIpc) is 3.12. The highest BCUT2D eigenvalue weighted by Crippen LogP contribution is 2.22. The van der Waals surface area contributed by atoms with Crippen LogP contribution in [0.3, 0.4) is 0 Å². The molecule has 1 aliphatic rings. The first-order valence-corrected chi connectivity index (χ1v) is 8.04.